The minimum atomic E-state index is -0.585. The Morgan fingerprint density at radius 1 is 1.29 bits per heavy atom. The minimum Gasteiger partial charge on any atom is -0.405 e. The first-order valence-corrected chi connectivity index (χ1v) is 4.86. The first kappa shape index (κ1) is 10.8. The summed E-state index contributed by atoms with van der Waals surface area (Å²) < 4.78 is 6.21. The van der Waals surface area contributed by atoms with Gasteiger partial charge in [-0.05, 0) is 18.2 Å². The van der Waals surface area contributed by atoms with Crippen molar-refractivity contribution < 1.29 is 9.53 Å². The van der Waals surface area contributed by atoms with Crippen molar-refractivity contribution in [3.05, 3.63) is 48.2 Å². The van der Waals surface area contributed by atoms with Crippen molar-refractivity contribution in [2.45, 2.75) is 0 Å². The van der Waals surface area contributed by atoms with E-state index in [1.54, 1.807) is 30.3 Å². The summed E-state index contributed by atoms with van der Waals surface area (Å²) in [5, 5.41) is 8.74. The monoisotopic (exact) mass is 227 g/mol. The molecule has 0 saturated carbocycles. The average molecular weight is 227 g/mol. The largest absolute Gasteiger partial charge is 0.405 e. The molecule has 0 atom stereocenters. The number of para-hydroxylation sites is 1. The number of carbonyl (C=O) groups excluding carboxylic acids is 1. The lowest BCUT2D eigenvalue weighted by Gasteiger charge is -2.05. The minimum absolute atomic E-state index is 0.167. The third-order valence-corrected chi connectivity index (χ3v) is 2.20. The smallest absolute Gasteiger partial charge is 0.346 e. The number of esters is 1. The first-order chi connectivity index (χ1) is 8.22. The van der Waals surface area contributed by atoms with Gasteiger partial charge in [0.15, 0.2) is 6.19 Å². The summed E-state index contributed by atoms with van der Waals surface area (Å²) in [5.74, 6) is -0.418. The van der Waals surface area contributed by atoms with Crippen molar-refractivity contribution in [3.8, 4) is 12.1 Å². The highest BCUT2D eigenvalue weighted by atomic mass is 16.5. The zero-order valence-corrected chi connectivity index (χ0v) is 8.83. The number of carbonyl (C=O) groups is 1. The second-order valence-corrected chi connectivity index (χ2v) is 3.29. The van der Waals surface area contributed by atoms with Gasteiger partial charge in [0.2, 0.25) is 5.88 Å². The highest BCUT2D eigenvalue weighted by Gasteiger charge is 2.13. The van der Waals surface area contributed by atoms with E-state index < -0.39 is 5.97 Å². The van der Waals surface area contributed by atoms with Crippen molar-refractivity contribution >= 4 is 11.7 Å². The molecule has 17 heavy (non-hydrogen) atoms. The number of nitriles is 1. The number of aromatic nitrogens is 1. The predicted molar refractivity (Wildman–Crippen MR) is 61.3 cm³/mol. The fourth-order valence-electron chi connectivity index (χ4n) is 1.36. The molecule has 0 fully saturated rings. The van der Waals surface area contributed by atoms with Crippen molar-refractivity contribution in [3.63, 3.8) is 0 Å². The van der Waals surface area contributed by atoms with E-state index in [0.29, 0.717) is 5.69 Å². The Hall–Kier alpha value is -2.74. The van der Waals surface area contributed by atoms with Crippen molar-refractivity contribution in [1.29, 1.82) is 5.26 Å². The molecule has 5 heteroatoms. The SMILES string of the molecule is N#Cn1cccc1OC(=O)c1ccccc1N. The second kappa shape index (κ2) is 4.41. The maximum absolute atomic E-state index is 11.8. The van der Waals surface area contributed by atoms with E-state index in [1.807, 2.05) is 6.19 Å². The molecule has 1 aromatic heterocycles. The second-order valence-electron chi connectivity index (χ2n) is 3.29. The molecule has 2 N–H and O–H groups in total. The maximum atomic E-state index is 11.8. The van der Waals surface area contributed by atoms with Crippen molar-refractivity contribution in [1.82, 2.24) is 4.57 Å². The van der Waals surface area contributed by atoms with Crippen molar-refractivity contribution in [2.24, 2.45) is 0 Å². The Balaban J connectivity index is 2.24. The summed E-state index contributed by atoms with van der Waals surface area (Å²) in [6, 6.07) is 9.73. The number of nitrogens with zero attached hydrogens (tertiary/aromatic N) is 2. The van der Waals surface area contributed by atoms with E-state index in [0.717, 1.165) is 4.57 Å². The van der Waals surface area contributed by atoms with Crippen LogP contribution in [-0.4, -0.2) is 10.5 Å². The Bertz CT molecular complexity index is 596. The van der Waals surface area contributed by atoms with Gasteiger partial charge in [0.05, 0.1) is 5.56 Å². The first-order valence-electron chi connectivity index (χ1n) is 4.86. The van der Waals surface area contributed by atoms with E-state index in [2.05, 4.69) is 0 Å². The molecule has 1 heterocycles. The van der Waals surface area contributed by atoms with Crippen LogP contribution in [0.15, 0.2) is 42.6 Å². The van der Waals surface area contributed by atoms with Gasteiger partial charge < -0.3 is 10.5 Å². The molecule has 0 aliphatic heterocycles. The lowest BCUT2D eigenvalue weighted by molar-refractivity contribution is 0.0726. The summed E-state index contributed by atoms with van der Waals surface area (Å²) in [5.41, 5.74) is 6.26. The number of benzene rings is 1. The van der Waals surface area contributed by atoms with Crippen LogP contribution < -0.4 is 10.5 Å². The van der Waals surface area contributed by atoms with Crippen LogP contribution in [0.4, 0.5) is 5.69 Å². The lowest BCUT2D eigenvalue weighted by Crippen LogP contribution is -2.12. The van der Waals surface area contributed by atoms with E-state index in [9.17, 15) is 4.79 Å². The molecule has 0 aliphatic rings. The highest BCUT2D eigenvalue weighted by Crippen LogP contribution is 2.16. The quantitative estimate of drug-likeness (QED) is 0.624. The van der Waals surface area contributed by atoms with Gasteiger partial charge in [-0.2, -0.15) is 5.26 Å². The van der Waals surface area contributed by atoms with Crippen LogP contribution >= 0.6 is 0 Å². The van der Waals surface area contributed by atoms with E-state index in [4.69, 9.17) is 15.7 Å². The Labute approximate surface area is 97.6 Å². The van der Waals surface area contributed by atoms with Gasteiger partial charge in [-0.3, -0.25) is 0 Å². The van der Waals surface area contributed by atoms with Crippen LogP contribution in [0.25, 0.3) is 0 Å². The van der Waals surface area contributed by atoms with Gasteiger partial charge in [-0.25, -0.2) is 9.36 Å². The molecule has 0 bridgehead atoms. The summed E-state index contributed by atoms with van der Waals surface area (Å²) >= 11 is 0. The predicted octanol–water partition coefficient (Wildman–Crippen LogP) is 1.62. The number of nitrogens with two attached hydrogens (primary N) is 1. The topological polar surface area (TPSA) is 81.0 Å². The van der Waals surface area contributed by atoms with Gasteiger partial charge in [-0.15, -0.1) is 0 Å². The molecule has 5 nitrogen and oxygen atoms in total. The number of rotatable bonds is 2. The highest BCUT2D eigenvalue weighted by molar-refractivity contribution is 5.96. The fraction of sp³-hybridized carbons (Fsp3) is 0. The van der Waals surface area contributed by atoms with E-state index >= 15 is 0 Å². The van der Waals surface area contributed by atoms with Crippen LogP contribution in [0.2, 0.25) is 0 Å². The Kier molecular flexibility index (Phi) is 2.79. The molecule has 0 spiro atoms. The van der Waals surface area contributed by atoms with Gasteiger partial charge in [0, 0.05) is 18.0 Å². The van der Waals surface area contributed by atoms with Gasteiger partial charge in [0.1, 0.15) is 0 Å². The fourth-order valence-corrected chi connectivity index (χ4v) is 1.36. The number of anilines is 1. The molecule has 0 amide bonds. The summed E-state index contributed by atoms with van der Waals surface area (Å²) in [4.78, 5) is 11.8. The lowest BCUT2D eigenvalue weighted by atomic mass is 10.2. The standard InChI is InChI=1S/C12H9N3O2/c13-8-15-7-3-6-11(15)17-12(16)9-4-1-2-5-10(9)14/h1-7H,14H2. The Morgan fingerprint density at radius 2 is 2.06 bits per heavy atom. The van der Waals surface area contributed by atoms with Crippen LogP contribution in [0.5, 0.6) is 5.88 Å². The number of nitrogen functional groups attached to an aromatic ring is 1. The van der Waals surface area contributed by atoms with Crippen molar-refractivity contribution in [2.75, 3.05) is 5.73 Å². The summed E-state index contributed by atoms with van der Waals surface area (Å²) in [7, 11) is 0. The van der Waals surface area contributed by atoms with Gasteiger partial charge in [0.25, 0.3) is 0 Å². The third-order valence-electron chi connectivity index (χ3n) is 2.20. The average Bonchev–Trinajstić information content (AvgIpc) is 2.76. The van der Waals surface area contributed by atoms with Gasteiger partial charge in [-0.1, -0.05) is 12.1 Å². The van der Waals surface area contributed by atoms with Crippen LogP contribution in [0, 0.1) is 11.5 Å². The summed E-state index contributed by atoms with van der Waals surface area (Å²) in [6.07, 6.45) is 3.35. The normalized spacial score (nSPS) is 9.59. The molecule has 84 valence electrons. The van der Waals surface area contributed by atoms with Crippen LogP contribution in [0.3, 0.4) is 0 Å². The molecule has 1 aromatic carbocycles. The van der Waals surface area contributed by atoms with Gasteiger partial charge >= 0.3 is 5.97 Å². The Morgan fingerprint density at radius 3 is 2.76 bits per heavy atom. The molecule has 2 rings (SSSR count). The summed E-state index contributed by atoms with van der Waals surface area (Å²) in [6.45, 7) is 0. The van der Waals surface area contributed by atoms with Crippen LogP contribution in [0.1, 0.15) is 10.4 Å². The molecular weight excluding hydrogens is 218 g/mol. The number of ether oxygens (including phenoxy) is 1. The molecule has 2 aromatic rings. The molecule has 0 unspecified atom stereocenters. The molecular formula is C12H9N3O2. The molecule has 0 aliphatic carbocycles. The van der Waals surface area contributed by atoms with Crippen LogP contribution in [-0.2, 0) is 0 Å². The molecule has 0 radical (unpaired) electrons. The maximum Gasteiger partial charge on any atom is 0.346 e. The molecule has 0 saturated heterocycles. The van der Waals surface area contributed by atoms with E-state index in [-0.39, 0.29) is 11.4 Å². The zero-order valence-electron chi connectivity index (χ0n) is 8.83. The number of hydrogen-bond acceptors (Lipinski definition) is 4. The zero-order chi connectivity index (χ0) is 12.3. The number of hydrogen-bond donors (Lipinski definition) is 1. The third kappa shape index (κ3) is 2.11. The van der Waals surface area contributed by atoms with E-state index in [1.165, 1.54) is 12.3 Å².